The Morgan fingerprint density at radius 1 is 1.30 bits per heavy atom. The summed E-state index contributed by atoms with van der Waals surface area (Å²) in [6, 6.07) is 5.29. The largest absolute Gasteiger partial charge is 0.495 e. The summed E-state index contributed by atoms with van der Waals surface area (Å²) >= 11 is 0.932. The molecule has 0 spiro atoms. The van der Waals surface area contributed by atoms with Crippen molar-refractivity contribution in [3.63, 3.8) is 0 Å². The maximum absolute atomic E-state index is 12.6. The van der Waals surface area contributed by atoms with Crippen LogP contribution in [0.4, 0.5) is 18.9 Å². The van der Waals surface area contributed by atoms with Gasteiger partial charge < -0.3 is 20.7 Å². The summed E-state index contributed by atoms with van der Waals surface area (Å²) in [4.78, 5) is 19.3. The molecule has 0 saturated carbocycles. The molecule has 30 heavy (non-hydrogen) atoms. The molecular formula is C18H23F3IN5O2S. The summed E-state index contributed by atoms with van der Waals surface area (Å²) < 4.78 is 43.2. The van der Waals surface area contributed by atoms with E-state index in [1.54, 1.807) is 12.1 Å². The molecule has 1 amide bonds. The van der Waals surface area contributed by atoms with Gasteiger partial charge >= 0.3 is 6.18 Å². The molecule has 7 nitrogen and oxygen atoms in total. The number of hydrogen-bond acceptors (Lipinski definition) is 5. The fraction of sp³-hybridized carbons (Fsp3) is 0.389. The van der Waals surface area contributed by atoms with E-state index < -0.39 is 11.9 Å². The summed E-state index contributed by atoms with van der Waals surface area (Å²) in [6.07, 6.45) is -4.45. The van der Waals surface area contributed by atoms with Gasteiger partial charge in [0.25, 0.3) is 0 Å². The molecule has 0 saturated heterocycles. The van der Waals surface area contributed by atoms with Gasteiger partial charge in [-0.2, -0.15) is 13.2 Å². The number of aromatic nitrogens is 1. The van der Waals surface area contributed by atoms with Gasteiger partial charge in [0.2, 0.25) is 5.91 Å². The molecule has 0 bridgehead atoms. The lowest BCUT2D eigenvalue weighted by Crippen LogP contribution is -2.36. The summed E-state index contributed by atoms with van der Waals surface area (Å²) in [5, 5.41) is 9.99. The highest BCUT2D eigenvalue weighted by Gasteiger charge is 2.33. The number of nitrogens with zero attached hydrogens (tertiary/aromatic N) is 2. The minimum Gasteiger partial charge on any atom is -0.495 e. The Morgan fingerprint density at radius 3 is 2.60 bits per heavy atom. The Labute approximate surface area is 193 Å². The number of anilines is 1. The normalized spacial score (nSPS) is 11.5. The molecule has 166 valence electrons. The number of halogens is 4. The van der Waals surface area contributed by atoms with Crippen LogP contribution < -0.4 is 20.7 Å². The van der Waals surface area contributed by atoms with Crippen LogP contribution in [0.15, 0.2) is 28.6 Å². The van der Waals surface area contributed by atoms with Crippen LogP contribution in [-0.4, -0.2) is 30.5 Å². The average Bonchev–Trinajstić information content (AvgIpc) is 3.13. The van der Waals surface area contributed by atoms with Gasteiger partial charge in [-0.1, -0.05) is 6.07 Å². The van der Waals surface area contributed by atoms with E-state index >= 15 is 0 Å². The van der Waals surface area contributed by atoms with Crippen molar-refractivity contribution in [3.8, 4) is 5.75 Å². The first kappa shape index (κ1) is 25.9. The zero-order valence-electron chi connectivity index (χ0n) is 16.6. The topological polar surface area (TPSA) is 87.6 Å². The molecule has 0 aliphatic heterocycles. The lowest BCUT2D eigenvalue weighted by molar-refractivity contribution is -0.140. The second-order valence-corrected chi connectivity index (χ2v) is 6.83. The fourth-order valence-electron chi connectivity index (χ4n) is 2.33. The maximum Gasteiger partial charge on any atom is 0.434 e. The molecule has 0 unspecified atom stereocenters. The monoisotopic (exact) mass is 557 g/mol. The first-order valence-corrected chi connectivity index (χ1v) is 9.59. The molecule has 3 N–H and O–H groups in total. The number of nitrogens with one attached hydrogen (secondary N) is 3. The molecule has 2 aromatic rings. The van der Waals surface area contributed by atoms with Crippen molar-refractivity contribution in [3.05, 3.63) is 39.8 Å². The lowest BCUT2D eigenvalue weighted by atomic mass is 10.2. The standard InChI is InChI=1S/C18H22F3N5O2S.HI/c1-4-22-17(24-9-16-26-15(10-29-16)18(19,20)21)23-8-12-5-6-14(28-3)13(7-12)25-11(2)27;/h5-7,10H,4,8-9H2,1-3H3,(H,25,27)(H2,22,23,24);1H. The molecule has 1 aromatic carbocycles. The summed E-state index contributed by atoms with van der Waals surface area (Å²) in [5.41, 5.74) is 0.457. The van der Waals surface area contributed by atoms with Crippen LogP contribution in [-0.2, 0) is 24.1 Å². The van der Waals surface area contributed by atoms with Crippen LogP contribution in [0.25, 0.3) is 0 Å². The van der Waals surface area contributed by atoms with Gasteiger partial charge in [0.05, 0.1) is 25.9 Å². The quantitative estimate of drug-likeness (QED) is 0.272. The molecule has 0 radical (unpaired) electrons. The van der Waals surface area contributed by atoms with E-state index in [0.717, 1.165) is 22.3 Å². The highest BCUT2D eigenvalue weighted by molar-refractivity contribution is 14.0. The van der Waals surface area contributed by atoms with Crippen molar-refractivity contribution in [2.24, 2.45) is 4.99 Å². The maximum atomic E-state index is 12.6. The van der Waals surface area contributed by atoms with Gasteiger partial charge in [0.15, 0.2) is 11.7 Å². The van der Waals surface area contributed by atoms with E-state index in [2.05, 4.69) is 25.9 Å². The number of amides is 1. The van der Waals surface area contributed by atoms with Gasteiger partial charge in [-0.05, 0) is 24.6 Å². The molecule has 1 aromatic heterocycles. The van der Waals surface area contributed by atoms with E-state index in [-0.39, 0.29) is 43.0 Å². The molecule has 0 atom stereocenters. The first-order valence-electron chi connectivity index (χ1n) is 8.71. The second-order valence-electron chi connectivity index (χ2n) is 5.89. The number of alkyl halides is 3. The molecule has 1 heterocycles. The Hall–Kier alpha value is -2.09. The third-order valence-electron chi connectivity index (χ3n) is 3.59. The van der Waals surface area contributed by atoms with Crippen LogP contribution >= 0.6 is 35.3 Å². The van der Waals surface area contributed by atoms with Gasteiger partial charge in [0, 0.05) is 18.8 Å². The van der Waals surface area contributed by atoms with Gasteiger partial charge in [0.1, 0.15) is 10.8 Å². The highest BCUT2D eigenvalue weighted by atomic mass is 127. The number of aliphatic imine (C=N–C) groups is 1. The van der Waals surface area contributed by atoms with Gasteiger partial charge in [-0.25, -0.2) is 9.98 Å². The Bertz CT molecular complexity index is 874. The third kappa shape index (κ3) is 7.97. The molecule has 0 aliphatic carbocycles. The SMILES string of the molecule is CCNC(=NCc1ccc(OC)c(NC(C)=O)c1)NCc1nc(C(F)(F)F)cs1.I. The van der Waals surface area contributed by atoms with Crippen molar-refractivity contribution in [1.29, 1.82) is 0 Å². The number of carbonyl (C=O) groups excluding carboxylic acids is 1. The number of ether oxygens (including phenoxy) is 1. The Kier molecular flexibility index (Phi) is 10.3. The second kappa shape index (κ2) is 11.9. The minimum atomic E-state index is -4.45. The fourth-order valence-corrected chi connectivity index (χ4v) is 3.08. The third-order valence-corrected chi connectivity index (χ3v) is 4.44. The number of thiazole rings is 1. The van der Waals surface area contributed by atoms with Crippen LogP contribution in [0.2, 0.25) is 0 Å². The summed E-state index contributed by atoms with van der Waals surface area (Å²) in [6.45, 7) is 4.27. The van der Waals surface area contributed by atoms with Crippen LogP contribution in [0.5, 0.6) is 5.75 Å². The molecular weight excluding hydrogens is 534 g/mol. The van der Waals surface area contributed by atoms with Crippen molar-refractivity contribution in [2.45, 2.75) is 33.1 Å². The van der Waals surface area contributed by atoms with E-state index in [4.69, 9.17) is 4.74 Å². The van der Waals surface area contributed by atoms with Crippen molar-refractivity contribution in [2.75, 3.05) is 19.0 Å². The molecule has 0 fully saturated rings. The van der Waals surface area contributed by atoms with Crippen LogP contribution in [0, 0.1) is 0 Å². The number of methoxy groups -OCH3 is 1. The summed E-state index contributed by atoms with van der Waals surface area (Å²) in [5.74, 6) is 0.746. The number of rotatable bonds is 7. The number of carbonyl (C=O) groups is 1. The lowest BCUT2D eigenvalue weighted by Gasteiger charge is -2.12. The predicted molar refractivity (Wildman–Crippen MR) is 121 cm³/mol. The van der Waals surface area contributed by atoms with Gasteiger partial charge in [-0.3, -0.25) is 4.79 Å². The smallest absolute Gasteiger partial charge is 0.434 e. The molecule has 0 aliphatic rings. The van der Waals surface area contributed by atoms with E-state index in [9.17, 15) is 18.0 Å². The first-order chi connectivity index (χ1) is 13.7. The number of benzene rings is 1. The molecule has 12 heteroatoms. The van der Waals surface area contributed by atoms with Crippen molar-refractivity contribution >= 4 is 52.9 Å². The number of hydrogen-bond donors (Lipinski definition) is 3. The number of guanidine groups is 1. The van der Waals surface area contributed by atoms with Crippen molar-refractivity contribution in [1.82, 2.24) is 15.6 Å². The Balaban J connectivity index is 0.00000450. The summed E-state index contributed by atoms with van der Waals surface area (Å²) in [7, 11) is 1.51. The highest BCUT2D eigenvalue weighted by Crippen LogP contribution is 2.30. The average molecular weight is 557 g/mol. The predicted octanol–water partition coefficient (Wildman–Crippen LogP) is 4.00. The van der Waals surface area contributed by atoms with Crippen molar-refractivity contribution < 1.29 is 22.7 Å². The van der Waals surface area contributed by atoms with Crippen LogP contribution in [0.1, 0.15) is 30.1 Å². The molecule has 2 rings (SSSR count). The van der Waals surface area contributed by atoms with E-state index in [0.29, 0.717) is 28.9 Å². The zero-order valence-corrected chi connectivity index (χ0v) is 19.7. The zero-order chi connectivity index (χ0) is 21.4. The Morgan fingerprint density at radius 2 is 2.03 bits per heavy atom. The minimum absolute atomic E-state index is 0. The van der Waals surface area contributed by atoms with Gasteiger partial charge in [-0.15, -0.1) is 35.3 Å². The van der Waals surface area contributed by atoms with E-state index in [1.807, 2.05) is 13.0 Å². The van der Waals surface area contributed by atoms with E-state index in [1.165, 1.54) is 14.0 Å². The van der Waals surface area contributed by atoms with Crippen LogP contribution in [0.3, 0.4) is 0 Å².